The Labute approximate surface area is 126 Å². The molecule has 0 aliphatic carbocycles. The maximum absolute atomic E-state index is 11.9. The Morgan fingerprint density at radius 3 is 2.57 bits per heavy atom. The lowest BCUT2D eigenvalue weighted by Gasteiger charge is -2.47. The minimum absolute atomic E-state index is 0.127. The Morgan fingerprint density at radius 2 is 2.00 bits per heavy atom. The summed E-state index contributed by atoms with van der Waals surface area (Å²) in [5.74, 6) is 6.78. The summed E-state index contributed by atoms with van der Waals surface area (Å²) in [4.78, 5) is 11.9. The highest BCUT2D eigenvalue weighted by molar-refractivity contribution is 5.93. The first-order chi connectivity index (χ1) is 9.86. The van der Waals surface area contributed by atoms with E-state index in [0.29, 0.717) is 11.4 Å². The highest BCUT2D eigenvalue weighted by atomic mass is 16.1. The summed E-state index contributed by atoms with van der Waals surface area (Å²) in [6.07, 6.45) is 0.859. The second kappa shape index (κ2) is 5.77. The van der Waals surface area contributed by atoms with E-state index in [2.05, 4.69) is 36.6 Å². The van der Waals surface area contributed by atoms with Crippen molar-refractivity contribution in [3.8, 4) is 0 Å². The van der Waals surface area contributed by atoms with Gasteiger partial charge in [-0.05, 0) is 32.8 Å². The number of nitrogens with zero attached hydrogens (tertiary/aromatic N) is 1. The Balaban J connectivity index is 2.40. The normalized spacial score (nSPS) is 23.3. The lowest BCUT2D eigenvalue weighted by atomic mass is 9.87. The molecule has 1 atom stereocenters. The van der Waals surface area contributed by atoms with Crippen LogP contribution in [0, 0.1) is 0 Å². The van der Waals surface area contributed by atoms with Gasteiger partial charge in [0.15, 0.2) is 0 Å². The van der Waals surface area contributed by atoms with E-state index < -0.39 is 0 Å². The molecule has 21 heavy (non-hydrogen) atoms. The van der Waals surface area contributed by atoms with E-state index >= 15 is 0 Å². The van der Waals surface area contributed by atoms with Crippen molar-refractivity contribution in [2.45, 2.75) is 38.8 Å². The molecule has 4 N–H and O–H groups in total. The van der Waals surface area contributed by atoms with Gasteiger partial charge in [0.25, 0.3) is 0 Å². The smallest absolute Gasteiger partial charge is 0.250 e. The summed E-state index contributed by atoms with van der Waals surface area (Å²) in [5.41, 5.74) is 1.55. The van der Waals surface area contributed by atoms with Gasteiger partial charge >= 0.3 is 0 Å². The summed E-state index contributed by atoms with van der Waals surface area (Å²) in [6.45, 7) is 5.95. The number of nitrogens with two attached hydrogens (primary N) is 1. The average molecular weight is 288 g/mol. The molecule has 0 spiro atoms. The van der Waals surface area contributed by atoms with Crippen molar-refractivity contribution in [3.05, 3.63) is 47.3 Å². The molecule has 5 nitrogen and oxygen atoms in total. The Morgan fingerprint density at radius 1 is 1.38 bits per heavy atom. The van der Waals surface area contributed by atoms with Crippen LogP contribution in [0.2, 0.25) is 0 Å². The summed E-state index contributed by atoms with van der Waals surface area (Å²) >= 11 is 0. The van der Waals surface area contributed by atoms with Gasteiger partial charge in [0.1, 0.15) is 5.82 Å². The van der Waals surface area contributed by atoms with Gasteiger partial charge in [-0.1, -0.05) is 30.3 Å². The van der Waals surface area contributed by atoms with Gasteiger partial charge in [-0.15, -0.1) is 0 Å². The first-order valence-electron chi connectivity index (χ1n) is 7.16. The highest BCUT2D eigenvalue weighted by Crippen LogP contribution is 2.34. The lowest BCUT2D eigenvalue weighted by molar-refractivity contribution is -0.117. The molecule has 114 valence electrons. The third kappa shape index (κ3) is 3.03. The average Bonchev–Trinajstić information content (AvgIpc) is 2.49. The monoisotopic (exact) mass is 288 g/mol. The molecular formula is C16H24N4O. The van der Waals surface area contributed by atoms with E-state index in [1.165, 1.54) is 5.56 Å². The number of benzene rings is 1. The zero-order valence-corrected chi connectivity index (χ0v) is 13.1. The number of carbonyl (C=O) groups excluding carboxylic acids is 1. The van der Waals surface area contributed by atoms with E-state index in [1.807, 2.05) is 18.2 Å². The van der Waals surface area contributed by atoms with Crippen LogP contribution in [0.4, 0.5) is 0 Å². The maximum atomic E-state index is 11.9. The molecule has 1 saturated heterocycles. The second-order valence-corrected chi connectivity index (χ2v) is 6.05. The van der Waals surface area contributed by atoms with Crippen molar-refractivity contribution in [1.29, 1.82) is 0 Å². The lowest BCUT2D eigenvalue weighted by Crippen LogP contribution is -2.58. The van der Waals surface area contributed by atoms with Crippen LogP contribution >= 0.6 is 0 Å². The zero-order chi connectivity index (χ0) is 15.6. The molecule has 1 aromatic carbocycles. The molecule has 1 amide bonds. The van der Waals surface area contributed by atoms with Gasteiger partial charge in [-0.3, -0.25) is 9.80 Å². The van der Waals surface area contributed by atoms with Crippen LogP contribution in [0.3, 0.4) is 0 Å². The molecular weight excluding hydrogens is 264 g/mol. The molecule has 0 radical (unpaired) electrons. The van der Waals surface area contributed by atoms with E-state index in [4.69, 9.17) is 5.84 Å². The van der Waals surface area contributed by atoms with Crippen LogP contribution < -0.4 is 16.5 Å². The number of rotatable bonds is 2. The van der Waals surface area contributed by atoms with E-state index in [1.54, 1.807) is 19.0 Å². The van der Waals surface area contributed by atoms with Gasteiger partial charge in [0.05, 0.1) is 17.2 Å². The van der Waals surface area contributed by atoms with Crippen LogP contribution in [-0.4, -0.2) is 23.5 Å². The first-order valence-corrected chi connectivity index (χ1v) is 7.16. The van der Waals surface area contributed by atoms with E-state index in [0.717, 1.165) is 6.42 Å². The standard InChI is InChI=1S/C16H24N4O/c1-11(15(21)18-4)14-19-13(10-16(2,3)20(14)17)12-8-6-5-7-9-12/h5-9,13,19H,10,17H2,1-4H3,(H,18,21)/b14-11+. The Hall–Kier alpha value is -2.01. The molecule has 0 aromatic heterocycles. The molecule has 1 aliphatic heterocycles. The molecule has 1 aromatic rings. The van der Waals surface area contributed by atoms with Crippen molar-refractivity contribution in [2.75, 3.05) is 7.05 Å². The minimum Gasteiger partial charge on any atom is -0.363 e. The summed E-state index contributed by atoms with van der Waals surface area (Å²) in [6, 6.07) is 10.4. The predicted octanol–water partition coefficient (Wildman–Crippen LogP) is 1.65. The van der Waals surface area contributed by atoms with E-state index in [-0.39, 0.29) is 17.5 Å². The number of hydrogen-bond acceptors (Lipinski definition) is 4. The molecule has 1 heterocycles. The number of amides is 1. The minimum atomic E-state index is -0.240. The second-order valence-electron chi connectivity index (χ2n) is 6.05. The van der Waals surface area contributed by atoms with Crippen molar-refractivity contribution >= 4 is 5.91 Å². The molecule has 1 unspecified atom stereocenters. The highest BCUT2D eigenvalue weighted by Gasteiger charge is 2.37. The van der Waals surface area contributed by atoms with Gasteiger partial charge in [0, 0.05) is 7.05 Å². The van der Waals surface area contributed by atoms with Crippen molar-refractivity contribution < 1.29 is 4.79 Å². The first kappa shape index (κ1) is 15.4. The van der Waals surface area contributed by atoms with Crippen LogP contribution in [0.15, 0.2) is 41.7 Å². The van der Waals surface area contributed by atoms with Gasteiger partial charge < -0.3 is 10.6 Å². The molecule has 5 heteroatoms. The summed E-state index contributed by atoms with van der Waals surface area (Å²) < 4.78 is 0. The molecule has 1 aliphatic rings. The van der Waals surface area contributed by atoms with E-state index in [9.17, 15) is 4.79 Å². The van der Waals surface area contributed by atoms with Crippen molar-refractivity contribution in [3.63, 3.8) is 0 Å². The molecule has 0 bridgehead atoms. The van der Waals surface area contributed by atoms with Gasteiger partial charge in [-0.2, -0.15) is 0 Å². The largest absolute Gasteiger partial charge is 0.363 e. The van der Waals surface area contributed by atoms with Gasteiger partial charge in [-0.25, -0.2) is 5.84 Å². The third-order valence-corrected chi connectivity index (χ3v) is 4.03. The zero-order valence-electron chi connectivity index (χ0n) is 13.1. The third-order valence-electron chi connectivity index (χ3n) is 4.03. The van der Waals surface area contributed by atoms with Crippen LogP contribution in [-0.2, 0) is 4.79 Å². The molecule has 0 saturated carbocycles. The molecule has 2 rings (SSSR count). The molecule has 1 fully saturated rings. The Kier molecular flexibility index (Phi) is 4.23. The maximum Gasteiger partial charge on any atom is 0.250 e. The fraction of sp³-hybridized carbons (Fsp3) is 0.438. The number of hydrogen-bond donors (Lipinski definition) is 3. The number of nitrogens with one attached hydrogen (secondary N) is 2. The van der Waals surface area contributed by atoms with Crippen molar-refractivity contribution in [1.82, 2.24) is 15.6 Å². The fourth-order valence-corrected chi connectivity index (χ4v) is 2.66. The van der Waals surface area contributed by atoms with Crippen molar-refractivity contribution in [2.24, 2.45) is 5.84 Å². The topological polar surface area (TPSA) is 70.4 Å². The Bertz CT molecular complexity index is 551. The number of likely N-dealkylation sites (N-methyl/N-ethyl adjacent to an activating group) is 1. The number of carbonyl (C=O) groups is 1. The SMILES string of the molecule is CNC(=O)/C(C)=C1\NC(c2ccccc2)CC(C)(C)N1N. The van der Waals surface area contributed by atoms with Gasteiger partial charge in [0.2, 0.25) is 5.91 Å². The van der Waals surface area contributed by atoms with Crippen LogP contribution in [0.1, 0.15) is 38.8 Å². The number of hydrazine groups is 1. The summed E-state index contributed by atoms with van der Waals surface area (Å²) in [5, 5.41) is 7.72. The van der Waals surface area contributed by atoms with Crippen LogP contribution in [0.5, 0.6) is 0 Å². The summed E-state index contributed by atoms with van der Waals surface area (Å²) in [7, 11) is 1.62. The quantitative estimate of drug-likeness (QED) is 0.572. The fourth-order valence-electron chi connectivity index (χ4n) is 2.66. The predicted molar refractivity (Wildman–Crippen MR) is 83.8 cm³/mol. The van der Waals surface area contributed by atoms with Crippen LogP contribution in [0.25, 0.3) is 0 Å².